The predicted octanol–water partition coefficient (Wildman–Crippen LogP) is 2.23. The minimum atomic E-state index is -0.409. The second-order valence-electron chi connectivity index (χ2n) is 5.08. The molecular weight excluding hydrogens is 261 g/mol. The standard InChI is InChI=1S/C15H20FNO3/c1-11-9-17(10-12(2)20-11)15(18)7-8-19-14-6-4-3-5-13(14)16/h3-6,11-12H,7-10H2,1-2H3/t11-,12+. The van der Waals surface area contributed by atoms with E-state index in [0.717, 1.165) is 0 Å². The third-order valence-corrected chi connectivity index (χ3v) is 3.18. The lowest BCUT2D eigenvalue weighted by molar-refractivity contribution is -0.143. The molecule has 20 heavy (non-hydrogen) atoms. The Hall–Kier alpha value is -1.62. The number of rotatable bonds is 4. The summed E-state index contributed by atoms with van der Waals surface area (Å²) in [6.45, 7) is 5.28. The van der Waals surface area contributed by atoms with Crippen LogP contribution < -0.4 is 4.74 Å². The average Bonchev–Trinajstić information content (AvgIpc) is 2.39. The zero-order valence-corrected chi connectivity index (χ0v) is 11.8. The fourth-order valence-electron chi connectivity index (χ4n) is 2.35. The number of carbonyl (C=O) groups is 1. The van der Waals surface area contributed by atoms with Crippen LogP contribution in [-0.4, -0.2) is 42.7 Å². The molecule has 5 heteroatoms. The average molecular weight is 281 g/mol. The fraction of sp³-hybridized carbons (Fsp3) is 0.533. The predicted molar refractivity (Wildman–Crippen MR) is 73.1 cm³/mol. The molecule has 1 aromatic carbocycles. The van der Waals surface area contributed by atoms with Crippen LogP contribution in [0.5, 0.6) is 5.75 Å². The van der Waals surface area contributed by atoms with Gasteiger partial charge in [-0.3, -0.25) is 4.79 Å². The summed E-state index contributed by atoms with van der Waals surface area (Å²) in [6.07, 6.45) is 0.346. The van der Waals surface area contributed by atoms with Crippen molar-refractivity contribution in [2.45, 2.75) is 32.5 Å². The van der Waals surface area contributed by atoms with Gasteiger partial charge in [0.2, 0.25) is 5.91 Å². The molecule has 1 aromatic rings. The van der Waals surface area contributed by atoms with E-state index in [4.69, 9.17) is 9.47 Å². The molecule has 0 bridgehead atoms. The van der Waals surface area contributed by atoms with E-state index in [1.807, 2.05) is 13.8 Å². The summed E-state index contributed by atoms with van der Waals surface area (Å²) in [5.41, 5.74) is 0. The maximum absolute atomic E-state index is 13.3. The molecule has 1 fully saturated rings. The van der Waals surface area contributed by atoms with Gasteiger partial charge in [0.05, 0.1) is 25.2 Å². The Labute approximate surface area is 118 Å². The van der Waals surface area contributed by atoms with Gasteiger partial charge >= 0.3 is 0 Å². The van der Waals surface area contributed by atoms with Crippen LogP contribution in [0.4, 0.5) is 4.39 Å². The highest BCUT2D eigenvalue weighted by atomic mass is 19.1. The first kappa shape index (κ1) is 14.8. The Morgan fingerprint density at radius 1 is 1.35 bits per heavy atom. The minimum absolute atomic E-state index is 0.0170. The SMILES string of the molecule is C[C@@H]1CN(C(=O)CCOc2ccccc2F)C[C@H](C)O1. The highest BCUT2D eigenvalue weighted by molar-refractivity contribution is 5.76. The lowest BCUT2D eigenvalue weighted by atomic mass is 10.2. The number of morpholine rings is 1. The number of para-hydroxylation sites is 1. The number of hydrogen-bond donors (Lipinski definition) is 0. The summed E-state index contributed by atoms with van der Waals surface area (Å²) in [5, 5.41) is 0. The zero-order chi connectivity index (χ0) is 14.5. The number of carbonyl (C=O) groups excluding carboxylic acids is 1. The smallest absolute Gasteiger partial charge is 0.226 e. The van der Waals surface area contributed by atoms with E-state index in [1.54, 1.807) is 23.1 Å². The Bertz CT molecular complexity index is 456. The molecule has 0 spiro atoms. The Balaban J connectivity index is 1.79. The van der Waals surface area contributed by atoms with E-state index in [0.29, 0.717) is 13.1 Å². The molecule has 0 saturated carbocycles. The van der Waals surface area contributed by atoms with Crippen molar-refractivity contribution >= 4 is 5.91 Å². The number of halogens is 1. The van der Waals surface area contributed by atoms with Crippen LogP contribution in [-0.2, 0) is 9.53 Å². The van der Waals surface area contributed by atoms with Crippen molar-refractivity contribution in [1.29, 1.82) is 0 Å². The molecule has 1 aliphatic rings. The van der Waals surface area contributed by atoms with Crippen LogP contribution in [0, 0.1) is 5.82 Å². The maximum atomic E-state index is 13.3. The molecule has 0 N–H and O–H groups in total. The largest absolute Gasteiger partial charge is 0.490 e. The molecule has 0 aliphatic carbocycles. The number of hydrogen-bond acceptors (Lipinski definition) is 3. The van der Waals surface area contributed by atoms with Gasteiger partial charge in [0.15, 0.2) is 11.6 Å². The van der Waals surface area contributed by atoms with E-state index >= 15 is 0 Å². The normalized spacial score (nSPS) is 22.6. The molecule has 2 atom stereocenters. The van der Waals surface area contributed by atoms with Crippen molar-refractivity contribution in [3.63, 3.8) is 0 Å². The third-order valence-electron chi connectivity index (χ3n) is 3.18. The molecule has 2 rings (SSSR count). The van der Waals surface area contributed by atoms with Gasteiger partial charge in [-0.25, -0.2) is 4.39 Å². The summed E-state index contributed by atoms with van der Waals surface area (Å²) >= 11 is 0. The minimum Gasteiger partial charge on any atom is -0.490 e. The lowest BCUT2D eigenvalue weighted by Crippen LogP contribution is -2.48. The monoisotopic (exact) mass is 281 g/mol. The molecule has 1 saturated heterocycles. The number of benzene rings is 1. The highest BCUT2D eigenvalue weighted by Gasteiger charge is 2.25. The molecule has 0 radical (unpaired) electrons. The van der Waals surface area contributed by atoms with Crippen molar-refractivity contribution in [2.75, 3.05) is 19.7 Å². The number of nitrogens with zero attached hydrogens (tertiary/aromatic N) is 1. The van der Waals surface area contributed by atoms with E-state index in [1.165, 1.54) is 6.07 Å². The second kappa shape index (κ2) is 6.70. The van der Waals surface area contributed by atoms with Gasteiger partial charge in [-0.2, -0.15) is 0 Å². The van der Waals surface area contributed by atoms with Crippen LogP contribution in [0.1, 0.15) is 20.3 Å². The lowest BCUT2D eigenvalue weighted by Gasteiger charge is -2.35. The van der Waals surface area contributed by atoms with Gasteiger partial charge in [-0.1, -0.05) is 12.1 Å². The number of amides is 1. The van der Waals surface area contributed by atoms with Crippen LogP contribution in [0.25, 0.3) is 0 Å². The summed E-state index contributed by atoms with van der Waals surface area (Å²) in [6, 6.07) is 6.19. The first-order valence-electron chi connectivity index (χ1n) is 6.87. The summed E-state index contributed by atoms with van der Waals surface area (Å²) in [5.74, 6) is -0.207. The quantitative estimate of drug-likeness (QED) is 0.849. The van der Waals surface area contributed by atoms with Crippen molar-refractivity contribution < 1.29 is 18.7 Å². The van der Waals surface area contributed by atoms with Crippen molar-refractivity contribution in [3.05, 3.63) is 30.1 Å². The van der Waals surface area contributed by atoms with Crippen LogP contribution in [0.15, 0.2) is 24.3 Å². The van der Waals surface area contributed by atoms with E-state index in [2.05, 4.69) is 0 Å². The Morgan fingerprint density at radius 3 is 2.65 bits per heavy atom. The zero-order valence-electron chi connectivity index (χ0n) is 11.8. The van der Waals surface area contributed by atoms with Gasteiger partial charge in [0.25, 0.3) is 0 Å². The summed E-state index contributed by atoms with van der Waals surface area (Å²) < 4.78 is 24.2. The number of ether oxygens (including phenoxy) is 2. The molecule has 110 valence electrons. The summed E-state index contributed by atoms with van der Waals surface area (Å²) in [4.78, 5) is 13.8. The molecule has 1 heterocycles. The van der Waals surface area contributed by atoms with Gasteiger partial charge in [-0.05, 0) is 26.0 Å². The van der Waals surface area contributed by atoms with Crippen molar-refractivity contribution in [3.8, 4) is 5.75 Å². The maximum Gasteiger partial charge on any atom is 0.226 e. The van der Waals surface area contributed by atoms with Crippen molar-refractivity contribution in [1.82, 2.24) is 4.90 Å². The second-order valence-corrected chi connectivity index (χ2v) is 5.08. The first-order chi connectivity index (χ1) is 9.56. The van der Waals surface area contributed by atoms with Crippen LogP contribution in [0.2, 0.25) is 0 Å². The van der Waals surface area contributed by atoms with Gasteiger partial charge < -0.3 is 14.4 Å². The van der Waals surface area contributed by atoms with E-state index in [9.17, 15) is 9.18 Å². The summed E-state index contributed by atoms with van der Waals surface area (Å²) in [7, 11) is 0. The fourth-order valence-corrected chi connectivity index (χ4v) is 2.35. The molecule has 1 amide bonds. The molecule has 4 nitrogen and oxygen atoms in total. The van der Waals surface area contributed by atoms with Crippen LogP contribution >= 0.6 is 0 Å². The van der Waals surface area contributed by atoms with Gasteiger partial charge in [-0.15, -0.1) is 0 Å². The molecule has 0 aromatic heterocycles. The van der Waals surface area contributed by atoms with Gasteiger partial charge in [0, 0.05) is 13.1 Å². The Morgan fingerprint density at radius 2 is 2.00 bits per heavy atom. The molecular formula is C15H20FNO3. The van der Waals surface area contributed by atoms with E-state index in [-0.39, 0.29) is 36.9 Å². The van der Waals surface area contributed by atoms with Gasteiger partial charge in [0.1, 0.15) is 0 Å². The van der Waals surface area contributed by atoms with Crippen molar-refractivity contribution in [2.24, 2.45) is 0 Å². The first-order valence-corrected chi connectivity index (χ1v) is 6.87. The highest BCUT2D eigenvalue weighted by Crippen LogP contribution is 2.16. The third kappa shape index (κ3) is 3.93. The molecule has 1 aliphatic heterocycles. The topological polar surface area (TPSA) is 38.8 Å². The van der Waals surface area contributed by atoms with Crippen LogP contribution in [0.3, 0.4) is 0 Å². The van der Waals surface area contributed by atoms with E-state index < -0.39 is 5.82 Å². The Kier molecular flexibility index (Phi) is 4.95. The molecule has 0 unspecified atom stereocenters.